The number of halogens is 3. The van der Waals surface area contributed by atoms with E-state index in [1.807, 2.05) is 13.0 Å². The van der Waals surface area contributed by atoms with Crippen LogP contribution in [0.2, 0.25) is 0 Å². The molecule has 2 amide bonds. The second-order valence-electron chi connectivity index (χ2n) is 7.04. The van der Waals surface area contributed by atoms with Crippen molar-refractivity contribution in [2.75, 3.05) is 18.9 Å². The van der Waals surface area contributed by atoms with Crippen LogP contribution in [0.1, 0.15) is 11.1 Å². The van der Waals surface area contributed by atoms with Gasteiger partial charge in [0.25, 0.3) is 5.56 Å². The molecule has 1 aromatic heterocycles. The van der Waals surface area contributed by atoms with Gasteiger partial charge in [0, 0.05) is 7.05 Å². The van der Waals surface area contributed by atoms with Gasteiger partial charge in [-0.2, -0.15) is 13.2 Å². The van der Waals surface area contributed by atoms with Crippen molar-refractivity contribution in [2.24, 2.45) is 0 Å². The lowest BCUT2D eigenvalue weighted by Crippen LogP contribution is -2.38. The van der Waals surface area contributed by atoms with E-state index in [0.29, 0.717) is 10.9 Å². The SMILES string of the molecule is Cc1ccc2ncn(CC(=O)N(C)CC(=O)Nc3ccccc3C(F)(F)F)c(=O)c2c1. The molecule has 31 heavy (non-hydrogen) atoms. The molecule has 0 aliphatic heterocycles. The number of hydrogen-bond acceptors (Lipinski definition) is 4. The summed E-state index contributed by atoms with van der Waals surface area (Å²) in [5.41, 5.74) is -0.426. The minimum Gasteiger partial charge on any atom is -0.335 e. The number of carbonyl (C=O) groups is 2. The topological polar surface area (TPSA) is 84.3 Å². The van der Waals surface area contributed by atoms with E-state index >= 15 is 0 Å². The number of nitrogens with zero attached hydrogens (tertiary/aromatic N) is 3. The van der Waals surface area contributed by atoms with Crippen LogP contribution in [0.4, 0.5) is 18.9 Å². The molecule has 1 N–H and O–H groups in total. The fraction of sp³-hybridized carbons (Fsp3) is 0.238. The van der Waals surface area contributed by atoms with Crippen molar-refractivity contribution in [2.45, 2.75) is 19.6 Å². The lowest BCUT2D eigenvalue weighted by atomic mass is 10.1. The Balaban J connectivity index is 1.69. The molecule has 1 heterocycles. The fourth-order valence-corrected chi connectivity index (χ4v) is 2.98. The maximum absolute atomic E-state index is 13.1. The summed E-state index contributed by atoms with van der Waals surface area (Å²) in [4.78, 5) is 42.4. The van der Waals surface area contributed by atoms with Crippen LogP contribution >= 0.6 is 0 Å². The van der Waals surface area contributed by atoms with Crippen molar-refractivity contribution >= 4 is 28.4 Å². The van der Waals surface area contributed by atoms with Gasteiger partial charge >= 0.3 is 6.18 Å². The molecule has 162 valence electrons. The summed E-state index contributed by atoms with van der Waals surface area (Å²) in [5, 5.41) is 2.54. The highest BCUT2D eigenvalue weighted by Gasteiger charge is 2.33. The molecule has 0 fully saturated rings. The van der Waals surface area contributed by atoms with Crippen molar-refractivity contribution in [3.05, 3.63) is 70.3 Å². The molecule has 7 nitrogen and oxygen atoms in total. The molecule has 0 aliphatic rings. The van der Waals surface area contributed by atoms with E-state index in [2.05, 4.69) is 10.3 Å². The Kier molecular flexibility index (Phi) is 6.09. The third-order valence-corrected chi connectivity index (χ3v) is 4.60. The van der Waals surface area contributed by atoms with Gasteiger partial charge < -0.3 is 10.2 Å². The zero-order valence-corrected chi connectivity index (χ0v) is 16.7. The summed E-state index contributed by atoms with van der Waals surface area (Å²) in [6.07, 6.45) is -3.39. The van der Waals surface area contributed by atoms with Crippen LogP contribution in [-0.4, -0.2) is 39.9 Å². The summed E-state index contributed by atoms with van der Waals surface area (Å²) < 4.78 is 40.3. The zero-order chi connectivity index (χ0) is 22.8. The highest BCUT2D eigenvalue weighted by molar-refractivity contribution is 5.95. The second kappa shape index (κ2) is 8.58. The van der Waals surface area contributed by atoms with Crippen molar-refractivity contribution in [1.82, 2.24) is 14.5 Å². The van der Waals surface area contributed by atoms with Gasteiger partial charge in [-0.3, -0.25) is 19.0 Å². The number of likely N-dealkylation sites (N-methyl/N-ethyl adjacent to an activating group) is 1. The van der Waals surface area contributed by atoms with Crippen LogP contribution in [0.25, 0.3) is 10.9 Å². The van der Waals surface area contributed by atoms with E-state index in [0.717, 1.165) is 27.2 Å². The number of aromatic nitrogens is 2. The fourth-order valence-electron chi connectivity index (χ4n) is 2.98. The predicted molar refractivity (Wildman–Crippen MR) is 108 cm³/mol. The van der Waals surface area contributed by atoms with Crippen LogP contribution in [0, 0.1) is 6.92 Å². The average molecular weight is 432 g/mol. The summed E-state index contributed by atoms with van der Waals surface area (Å²) in [7, 11) is 1.32. The van der Waals surface area contributed by atoms with Crippen molar-refractivity contribution in [1.29, 1.82) is 0 Å². The Morgan fingerprint density at radius 1 is 1.16 bits per heavy atom. The molecule has 0 atom stereocenters. The summed E-state index contributed by atoms with van der Waals surface area (Å²) in [6.45, 7) is 0.975. The summed E-state index contributed by atoms with van der Waals surface area (Å²) >= 11 is 0. The molecule has 0 aliphatic carbocycles. The van der Waals surface area contributed by atoms with Gasteiger partial charge in [-0.05, 0) is 31.2 Å². The number of para-hydroxylation sites is 1. The smallest absolute Gasteiger partial charge is 0.335 e. The third-order valence-electron chi connectivity index (χ3n) is 4.60. The van der Waals surface area contributed by atoms with Crippen LogP contribution < -0.4 is 10.9 Å². The average Bonchev–Trinajstić information content (AvgIpc) is 2.70. The number of fused-ring (bicyclic) bond motifs is 1. The maximum atomic E-state index is 13.1. The lowest BCUT2D eigenvalue weighted by molar-refractivity contribution is -0.137. The Morgan fingerprint density at radius 2 is 1.87 bits per heavy atom. The summed E-state index contributed by atoms with van der Waals surface area (Å²) in [5.74, 6) is -1.37. The molecule has 0 spiro atoms. The van der Waals surface area contributed by atoms with E-state index in [1.54, 1.807) is 12.1 Å². The molecule has 0 unspecified atom stereocenters. The van der Waals surface area contributed by atoms with E-state index in [9.17, 15) is 27.6 Å². The molecule has 2 aromatic carbocycles. The van der Waals surface area contributed by atoms with E-state index < -0.39 is 41.3 Å². The highest BCUT2D eigenvalue weighted by atomic mass is 19.4. The first kappa shape index (κ1) is 22.0. The largest absolute Gasteiger partial charge is 0.418 e. The normalized spacial score (nSPS) is 11.4. The Morgan fingerprint density at radius 3 is 2.58 bits per heavy atom. The molecule has 3 aromatic rings. The lowest BCUT2D eigenvalue weighted by Gasteiger charge is -2.19. The predicted octanol–water partition coefficient (Wildman–Crippen LogP) is 2.82. The molecule has 0 saturated heterocycles. The number of aryl methyl sites for hydroxylation is 1. The summed E-state index contributed by atoms with van der Waals surface area (Å²) in [6, 6.07) is 9.74. The molecule has 0 bridgehead atoms. The maximum Gasteiger partial charge on any atom is 0.418 e. The highest BCUT2D eigenvalue weighted by Crippen LogP contribution is 2.34. The third kappa shape index (κ3) is 5.08. The standard InChI is InChI=1S/C21H19F3N4O3/c1-13-7-8-16-14(9-13)20(31)28(12-25-16)11-19(30)27(2)10-18(29)26-17-6-4-3-5-15(17)21(22,23)24/h3-9,12H,10-11H2,1-2H3,(H,26,29). The number of benzene rings is 2. The van der Waals surface area contributed by atoms with Gasteiger partial charge in [-0.15, -0.1) is 0 Å². The van der Waals surface area contributed by atoms with Gasteiger partial charge in [0.05, 0.1) is 35.0 Å². The molecule has 3 rings (SSSR count). The van der Waals surface area contributed by atoms with Gasteiger partial charge in [0.15, 0.2) is 0 Å². The first-order valence-corrected chi connectivity index (χ1v) is 9.22. The zero-order valence-electron chi connectivity index (χ0n) is 16.7. The van der Waals surface area contributed by atoms with Gasteiger partial charge in [-0.1, -0.05) is 23.8 Å². The van der Waals surface area contributed by atoms with Gasteiger partial charge in [0.1, 0.15) is 6.54 Å². The van der Waals surface area contributed by atoms with E-state index in [1.165, 1.54) is 25.5 Å². The number of carbonyl (C=O) groups excluding carboxylic acids is 2. The quantitative estimate of drug-likeness (QED) is 0.672. The van der Waals surface area contributed by atoms with Gasteiger partial charge in [-0.25, -0.2) is 4.98 Å². The number of nitrogens with one attached hydrogen (secondary N) is 1. The number of hydrogen-bond donors (Lipinski definition) is 1. The van der Waals surface area contributed by atoms with Crippen molar-refractivity contribution in [3.63, 3.8) is 0 Å². The number of anilines is 1. The van der Waals surface area contributed by atoms with Crippen LogP contribution in [-0.2, 0) is 22.3 Å². The minimum atomic E-state index is -4.63. The molecule has 10 heteroatoms. The van der Waals surface area contributed by atoms with Crippen LogP contribution in [0.3, 0.4) is 0 Å². The number of amides is 2. The van der Waals surface area contributed by atoms with E-state index in [4.69, 9.17) is 0 Å². The van der Waals surface area contributed by atoms with Gasteiger partial charge in [0.2, 0.25) is 11.8 Å². The monoisotopic (exact) mass is 432 g/mol. The van der Waals surface area contributed by atoms with Crippen molar-refractivity contribution < 1.29 is 22.8 Å². The first-order valence-electron chi connectivity index (χ1n) is 9.22. The minimum absolute atomic E-state index is 0.361. The molecular weight excluding hydrogens is 413 g/mol. The Labute approximate surface area is 175 Å². The number of alkyl halides is 3. The number of rotatable bonds is 5. The Hall–Kier alpha value is -3.69. The van der Waals surface area contributed by atoms with E-state index in [-0.39, 0.29) is 6.54 Å². The van der Waals surface area contributed by atoms with Crippen molar-refractivity contribution in [3.8, 4) is 0 Å². The second-order valence-corrected chi connectivity index (χ2v) is 7.04. The molecular formula is C21H19F3N4O3. The van der Waals surface area contributed by atoms with Crippen LogP contribution in [0.15, 0.2) is 53.6 Å². The first-order chi connectivity index (χ1) is 14.6. The Bertz CT molecular complexity index is 1200. The van der Waals surface area contributed by atoms with Crippen LogP contribution in [0.5, 0.6) is 0 Å². The molecule has 0 saturated carbocycles. The molecule has 0 radical (unpaired) electrons.